The lowest BCUT2D eigenvalue weighted by Crippen LogP contribution is -2.52. The zero-order valence-electron chi connectivity index (χ0n) is 16.9. The van der Waals surface area contributed by atoms with Gasteiger partial charge in [-0.05, 0) is 31.6 Å². The first-order valence-electron chi connectivity index (χ1n) is 9.71. The summed E-state index contributed by atoms with van der Waals surface area (Å²) < 4.78 is 0. The van der Waals surface area contributed by atoms with Crippen LogP contribution in [-0.2, 0) is 19.2 Å². The fraction of sp³-hybridized carbons (Fsp3) is 0.778. The quantitative estimate of drug-likeness (QED) is 0.140. The molecule has 0 aromatic rings. The average molecular weight is 402 g/mol. The van der Waals surface area contributed by atoms with E-state index in [-0.39, 0.29) is 11.8 Å². The van der Waals surface area contributed by atoms with Crippen LogP contribution in [0.2, 0.25) is 0 Å². The molecule has 0 rings (SSSR count). The largest absolute Gasteiger partial charge is 0.352 e. The Balaban J connectivity index is 4.35. The minimum absolute atomic E-state index is 0.130. The molecule has 4 amide bonds. The van der Waals surface area contributed by atoms with Gasteiger partial charge in [0.1, 0.15) is 12.3 Å². The van der Waals surface area contributed by atoms with E-state index in [1.807, 2.05) is 13.8 Å². The van der Waals surface area contributed by atoms with Crippen LogP contribution in [0, 0.1) is 5.92 Å². The van der Waals surface area contributed by atoms with Crippen molar-refractivity contribution in [1.29, 1.82) is 0 Å². The van der Waals surface area contributed by atoms with Crippen LogP contribution in [0.1, 0.15) is 58.8 Å². The van der Waals surface area contributed by atoms with Crippen molar-refractivity contribution in [2.24, 2.45) is 17.5 Å². The molecule has 0 aromatic carbocycles. The molecule has 28 heavy (non-hydrogen) atoms. The third kappa shape index (κ3) is 13.0. The van der Waals surface area contributed by atoms with E-state index in [2.05, 4.69) is 20.8 Å². The maximum Gasteiger partial charge on any atom is 0.312 e. The second kappa shape index (κ2) is 15.8. The standard InChI is InChI=1S/C18H35N5O5/c1-13(2)16(23-15(25)9-5-3-4-6-11-28-20)17(26)22-14(12-24)8-7-10-21-18(19)27/h12-14,16H,3-11,20H2,1-2H3,(H,22,26)(H,23,25)(H3,19,21,27)/t14-,16-/m0/s1. The third-order valence-corrected chi connectivity index (χ3v) is 4.16. The number of carbonyl (C=O) groups excluding carboxylic acids is 4. The Morgan fingerprint density at radius 3 is 2.29 bits per heavy atom. The number of nitrogens with one attached hydrogen (secondary N) is 3. The maximum absolute atomic E-state index is 12.5. The lowest BCUT2D eigenvalue weighted by Gasteiger charge is -2.23. The van der Waals surface area contributed by atoms with Crippen LogP contribution >= 0.6 is 0 Å². The number of hydrogen-bond donors (Lipinski definition) is 5. The van der Waals surface area contributed by atoms with E-state index in [1.165, 1.54) is 0 Å². The normalized spacial score (nSPS) is 12.9. The van der Waals surface area contributed by atoms with E-state index in [0.29, 0.717) is 45.1 Å². The first kappa shape index (κ1) is 25.8. The van der Waals surface area contributed by atoms with Crippen LogP contribution in [0.15, 0.2) is 0 Å². The number of primary amides is 1. The molecule has 0 heterocycles. The third-order valence-electron chi connectivity index (χ3n) is 4.16. The van der Waals surface area contributed by atoms with Crippen LogP contribution in [0.25, 0.3) is 0 Å². The highest BCUT2D eigenvalue weighted by Gasteiger charge is 2.25. The Kier molecular flexibility index (Phi) is 14.6. The SMILES string of the molecule is CC(C)[C@H](NC(=O)CCCCCCON)C(=O)N[C@H](C=O)CCCNC(N)=O. The summed E-state index contributed by atoms with van der Waals surface area (Å²) in [6, 6.07) is -2.04. The smallest absolute Gasteiger partial charge is 0.312 e. The van der Waals surface area contributed by atoms with Gasteiger partial charge in [-0.15, -0.1) is 0 Å². The fourth-order valence-corrected chi connectivity index (χ4v) is 2.59. The molecule has 0 aromatic heterocycles. The second-order valence-corrected chi connectivity index (χ2v) is 7.01. The summed E-state index contributed by atoms with van der Waals surface area (Å²) in [4.78, 5) is 50.9. The Morgan fingerprint density at radius 1 is 1.04 bits per heavy atom. The molecule has 0 aliphatic heterocycles. The number of urea groups is 1. The van der Waals surface area contributed by atoms with E-state index in [0.717, 1.165) is 19.3 Å². The zero-order chi connectivity index (χ0) is 21.4. The van der Waals surface area contributed by atoms with Crippen molar-refractivity contribution in [2.75, 3.05) is 13.2 Å². The molecule has 10 nitrogen and oxygen atoms in total. The summed E-state index contributed by atoms with van der Waals surface area (Å²) in [5.74, 6) is 4.22. The van der Waals surface area contributed by atoms with Gasteiger partial charge in [0.25, 0.3) is 0 Å². The average Bonchev–Trinajstić information content (AvgIpc) is 2.64. The number of amides is 4. The van der Waals surface area contributed by atoms with Crippen LogP contribution in [0.5, 0.6) is 0 Å². The number of nitrogens with two attached hydrogens (primary N) is 2. The molecule has 10 heteroatoms. The number of aldehydes is 1. The van der Waals surface area contributed by atoms with Gasteiger partial charge in [-0.2, -0.15) is 0 Å². The van der Waals surface area contributed by atoms with Gasteiger partial charge in [-0.25, -0.2) is 10.7 Å². The van der Waals surface area contributed by atoms with Gasteiger partial charge in [0.05, 0.1) is 12.6 Å². The van der Waals surface area contributed by atoms with E-state index in [9.17, 15) is 19.2 Å². The summed E-state index contributed by atoms with van der Waals surface area (Å²) in [5, 5.41) is 7.81. The number of unbranched alkanes of at least 4 members (excludes halogenated alkanes) is 3. The molecule has 162 valence electrons. The van der Waals surface area contributed by atoms with E-state index < -0.39 is 24.0 Å². The molecule has 0 fully saturated rings. The molecule has 0 spiro atoms. The van der Waals surface area contributed by atoms with Gasteiger partial charge >= 0.3 is 6.03 Å². The lowest BCUT2D eigenvalue weighted by molar-refractivity contribution is -0.131. The van der Waals surface area contributed by atoms with E-state index in [1.54, 1.807) is 0 Å². The Labute approximate surface area is 166 Å². The Hall–Kier alpha value is -2.20. The van der Waals surface area contributed by atoms with E-state index >= 15 is 0 Å². The maximum atomic E-state index is 12.5. The van der Waals surface area contributed by atoms with Crippen molar-refractivity contribution >= 4 is 24.1 Å². The highest BCUT2D eigenvalue weighted by Crippen LogP contribution is 2.07. The highest BCUT2D eigenvalue weighted by molar-refractivity contribution is 5.89. The zero-order valence-corrected chi connectivity index (χ0v) is 16.9. The molecular weight excluding hydrogens is 366 g/mol. The van der Waals surface area contributed by atoms with Crippen molar-refractivity contribution in [3.8, 4) is 0 Å². The lowest BCUT2D eigenvalue weighted by atomic mass is 10.0. The number of rotatable bonds is 16. The summed E-state index contributed by atoms with van der Waals surface area (Å²) in [6.45, 7) is 4.46. The minimum Gasteiger partial charge on any atom is -0.352 e. The molecule has 0 aliphatic carbocycles. The minimum atomic E-state index is -0.718. The van der Waals surface area contributed by atoms with Crippen LogP contribution < -0.4 is 27.6 Å². The van der Waals surface area contributed by atoms with Crippen molar-refractivity contribution in [1.82, 2.24) is 16.0 Å². The predicted molar refractivity (Wildman–Crippen MR) is 105 cm³/mol. The van der Waals surface area contributed by atoms with E-state index in [4.69, 9.17) is 11.6 Å². The summed E-state index contributed by atoms with van der Waals surface area (Å²) in [7, 11) is 0. The highest BCUT2D eigenvalue weighted by atomic mass is 16.6. The monoisotopic (exact) mass is 401 g/mol. The van der Waals surface area contributed by atoms with Crippen LogP contribution in [0.3, 0.4) is 0 Å². The Bertz CT molecular complexity index is 487. The Morgan fingerprint density at radius 2 is 1.71 bits per heavy atom. The molecule has 0 unspecified atom stereocenters. The van der Waals surface area contributed by atoms with Gasteiger partial charge < -0.3 is 31.3 Å². The van der Waals surface area contributed by atoms with Gasteiger partial charge in [0.2, 0.25) is 11.8 Å². The summed E-state index contributed by atoms with van der Waals surface area (Å²) in [5.41, 5.74) is 4.97. The van der Waals surface area contributed by atoms with Crippen molar-refractivity contribution in [3.05, 3.63) is 0 Å². The molecule has 0 saturated carbocycles. The fourth-order valence-electron chi connectivity index (χ4n) is 2.59. The molecule has 0 saturated heterocycles. The van der Waals surface area contributed by atoms with Gasteiger partial charge in [0, 0.05) is 13.0 Å². The molecule has 2 atom stereocenters. The topological polar surface area (TPSA) is 166 Å². The molecular formula is C18H35N5O5. The van der Waals surface area contributed by atoms with Gasteiger partial charge in [-0.3, -0.25) is 9.59 Å². The van der Waals surface area contributed by atoms with Gasteiger partial charge in [-0.1, -0.05) is 26.7 Å². The van der Waals surface area contributed by atoms with Gasteiger partial charge in [0.15, 0.2) is 0 Å². The summed E-state index contributed by atoms with van der Waals surface area (Å²) >= 11 is 0. The predicted octanol–water partition coefficient (Wildman–Crippen LogP) is 0.100. The summed E-state index contributed by atoms with van der Waals surface area (Å²) in [6.07, 6.45) is 5.18. The molecule has 0 radical (unpaired) electrons. The number of carbonyl (C=O) groups is 4. The molecule has 0 aliphatic rings. The second-order valence-electron chi connectivity index (χ2n) is 7.01. The van der Waals surface area contributed by atoms with Crippen LogP contribution in [-0.4, -0.2) is 49.4 Å². The van der Waals surface area contributed by atoms with Crippen molar-refractivity contribution < 1.29 is 24.0 Å². The molecule has 7 N–H and O–H groups in total. The van der Waals surface area contributed by atoms with Crippen molar-refractivity contribution in [2.45, 2.75) is 70.9 Å². The first-order chi connectivity index (χ1) is 13.3. The number of hydrogen-bond acceptors (Lipinski definition) is 6. The van der Waals surface area contributed by atoms with Crippen molar-refractivity contribution in [3.63, 3.8) is 0 Å². The molecule has 0 bridgehead atoms. The van der Waals surface area contributed by atoms with Crippen LogP contribution in [0.4, 0.5) is 4.79 Å². The first-order valence-corrected chi connectivity index (χ1v) is 9.71.